The van der Waals surface area contributed by atoms with Gasteiger partial charge in [0, 0.05) is 20.2 Å². The summed E-state index contributed by atoms with van der Waals surface area (Å²) in [5.74, 6) is -1.17. The number of hydrogen-bond donors (Lipinski definition) is 3. The third kappa shape index (κ3) is 5.28. The topological polar surface area (TPSA) is 105 Å². The Kier molecular flexibility index (Phi) is 7.30. The van der Waals surface area contributed by atoms with Crippen LogP contribution in [0.15, 0.2) is 23.1 Å². The number of carbonyl (C=O) groups is 1. The van der Waals surface area contributed by atoms with Crippen LogP contribution in [0.4, 0.5) is 5.69 Å². The van der Waals surface area contributed by atoms with Crippen molar-refractivity contribution in [3.63, 3.8) is 0 Å². The van der Waals surface area contributed by atoms with E-state index < -0.39 is 16.0 Å². The minimum Gasteiger partial charge on any atom is -0.478 e. The Bertz CT molecular complexity index is 601. The number of unbranched alkanes of at least 4 members (excludes halogenated alkanes) is 1. The van der Waals surface area contributed by atoms with Gasteiger partial charge in [-0.25, -0.2) is 17.9 Å². The Balaban J connectivity index is 3.09. The van der Waals surface area contributed by atoms with Crippen LogP contribution >= 0.6 is 0 Å². The van der Waals surface area contributed by atoms with Gasteiger partial charge in [-0.3, -0.25) is 0 Å². The molecule has 8 heteroatoms. The predicted molar refractivity (Wildman–Crippen MR) is 83.9 cm³/mol. The van der Waals surface area contributed by atoms with Gasteiger partial charge >= 0.3 is 5.97 Å². The molecule has 0 heterocycles. The molecule has 124 valence electrons. The van der Waals surface area contributed by atoms with Crippen LogP contribution in [0.5, 0.6) is 0 Å². The van der Waals surface area contributed by atoms with E-state index in [4.69, 9.17) is 9.84 Å². The zero-order valence-electron chi connectivity index (χ0n) is 12.8. The van der Waals surface area contributed by atoms with Crippen LogP contribution < -0.4 is 10.0 Å². The van der Waals surface area contributed by atoms with E-state index in [2.05, 4.69) is 10.0 Å². The van der Waals surface area contributed by atoms with E-state index in [0.717, 1.165) is 18.9 Å². The van der Waals surface area contributed by atoms with Crippen molar-refractivity contribution in [3.8, 4) is 0 Å². The van der Waals surface area contributed by atoms with Gasteiger partial charge in [-0.05, 0) is 24.6 Å². The molecule has 3 N–H and O–H groups in total. The molecule has 1 aromatic rings. The molecule has 0 unspecified atom stereocenters. The highest BCUT2D eigenvalue weighted by molar-refractivity contribution is 7.89. The van der Waals surface area contributed by atoms with E-state index in [9.17, 15) is 13.2 Å². The minimum atomic E-state index is -3.81. The predicted octanol–water partition coefficient (Wildman–Crippen LogP) is 1.52. The van der Waals surface area contributed by atoms with Crippen molar-refractivity contribution in [2.24, 2.45) is 0 Å². The SMILES string of the molecule is CCCCNc1ccc(C(=O)O)cc1S(=O)(=O)NCCOC. The summed E-state index contributed by atoms with van der Waals surface area (Å²) in [6, 6.07) is 4.01. The molecule has 1 rings (SSSR count). The van der Waals surface area contributed by atoms with E-state index in [-0.39, 0.29) is 23.6 Å². The number of ether oxygens (including phenoxy) is 1. The van der Waals surface area contributed by atoms with Crippen molar-refractivity contribution in [3.05, 3.63) is 23.8 Å². The van der Waals surface area contributed by atoms with Gasteiger partial charge in [-0.15, -0.1) is 0 Å². The monoisotopic (exact) mass is 330 g/mol. The fourth-order valence-corrected chi connectivity index (χ4v) is 3.00. The van der Waals surface area contributed by atoms with Gasteiger partial charge in [-0.2, -0.15) is 0 Å². The van der Waals surface area contributed by atoms with Crippen LogP contribution in [0.2, 0.25) is 0 Å². The average Bonchev–Trinajstić information content (AvgIpc) is 2.47. The molecule has 0 saturated carbocycles. The second-order valence-corrected chi connectivity index (χ2v) is 6.42. The molecule has 7 nitrogen and oxygen atoms in total. The first kappa shape index (κ1) is 18.4. The molecule has 0 aliphatic carbocycles. The Morgan fingerprint density at radius 1 is 1.32 bits per heavy atom. The van der Waals surface area contributed by atoms with E-state index in [1.165, 1.54) is 19.2 Å². The Morgan fingerprint density at radius 3 is 2.64 bits per heavy atom. The quantitative estimate of drug-likeness (QED) is 0.562. The van der Waals surface area contributed by atoms with E-state index >= 15 is 0 Å². The summed E-state index contributed by atoms with van der Waals surface area (Å²) in [7, 11) is -2.34. The lowest BCUT2D eigenvalue weighted by Crippen LogP contribution is -2.28. The number of anilines is 1. The van der Waals surface area contributed by atoms with Crippen LogP contribution in [0.3, 0.4) is 0 Å². The summed E-state index contributed by atoms with van der Waals surface area (Å²) in [5.41, 5.74) is 0.316. The molecule has 0 atom stereocenters. The Labute approximate surface area is 130 Å². The van der Waals surface area contributed by atoms with Crippen molar-refractivity contribution >= 4 is 21.7 Å². The molecular formula is C14H22N2O5S. The molecule has 0 aromatic heterocycles. The maximum Gasteiger partial charge on any atom is 0.335 e. The van der Waals surface area contributed by atoms with Gasteiger partial charge in [0.15, 0.2) is 0 Å². The Morgan fingerprint density at radius 2 is 2.05 bits per heavy atom. The third-order valence-electron chi connectivity index (χ3n) is 2.96. The average molecular weight is 330 g/mol. The molecule has 1 aromatic carbocycles. The first-order valence-electron chi connectivity index (χ1n) is 7.02. The zero-order chi connectivity index (χ0) is 16.6. The highest BCUT2D eigenvalue weighted by Gasteiger charge is 2.20. The molecule has 22 heavy (non-hydrogen) atoms. The minimum absolute atomic E-state index is 0.0698. The lowest BCUT2D eigenvalue weighted by molar-refractivity contribution is 0.0696. The number of sulfonamides is 1. The number of hydrogen-bond acceptors (Lipinski definition) is 5. The number of rotatable bonds is 10. The maximum absolute atomic E-state index is 12.3. The molecule has 0 bridgehead atoms. The Hall–Kier alpha value is -1.64. The number of carboxylic acids is 1. The zero-order valence-corrected chi connectivity index (χ0v) is 13.6. The van der Waals surface area contributed by atoms with Crippen LogP contribution in [-0.4, -0.2) is 46.3 Å². The fourth-order valence-electron chi connectivity index (χ4n) is 1.78. The van der Waals surface area contributed by atoms with Crippen LogP contribution in [-0.2, 0) is 14.8 Å². The smallest absolute Gasteiger partial charge is 0.335 e. The molecule has 0 spiro atoms. The standard InChI is InChI=1S/C14H22N2O5S/c1-3-4-7-15-12-6-5-11(14(17)18)10-13(12)22(19,20)16-8-9-21-2/h5-6,10,15-16H,3-4,7-9H2,1-2H3,(H,17,18). The van der Waals surface area contributed by atoms with Gasteiger partial charge in [0.1, 0.15) is 4.90 Å². The fraction of sp³-hybridized carbons (Fsp3) is 0.500. The van der Waals surface area contributed by atoms with Crippen LogP contribution in [0, 0.1) is 0 Å². The van der Waals surface area contributed by atoms with E-state index in [1.54, 1.807) is 0 Å². The summed E-state index contributed by atoms with van der Waals surface area (Å²) in [5, 5.41) is 12.1. The number of methoxy groups -OCH3 is 1. The van der Waals surface area contributed by atoms with Gasteiger partial charge in [-0.1, -0.05) is 13.3 Å². The van der Waals surface area contributed by atoms with Gasteiger partial charge in [0.25, 0.3) is 0 Å². The molecule has 0 saturated heterocycles. The molecule has 0 aliphatic heterocycles. The van der Waals surface area contributed by atoms with Gasteiger partial charge in [0.05, 0.1) is 17.9 Å². The van der Waals surface area contributed by atoms with Gasteiger partial charge in [0.2, 0.25) is 10.0 Å². The summed E-state index contributed by atoms with van der Waals surface area (Å²) < 4.78 is 31.9. The largest absolute Gasteiger partial charge is 0.478 e. The first-order chi connectivity index (χ1) is 10.4. The van der Waals surface area contributed by atoms with Crippen molar-refractivity contribution in [1.82, 2.24) is 4.72 Å². The van der Waals surface area contributed by atoms with Crippen molar-refractivity contribution in [2.45, 2.75) is 24.7 Å². The molecular weight excluding hydrogens is 308 g/mol. The van der Waals surface area contributed by atoms with Crippen molar-refractivity contribution in [2.75, 3.05) is 32.1 Å². The number of aromatic carboxylic acids is 1. The summed E-state index contributed by atoms with van der Waals surface area (Å²) in [4.78, 5) is 11.0. The second-order valence-electron chi connectivity index (χ2n) is 4.69. The highest BCUT2D eigenvalue weighted by Crippen LogP contribution is 2.23. The third-order valence-corrected chi connectivity index (χ3v) is 4.46. The number of carboxylic acid groups (broad SMARTS) is 1. The summed E-state index contributed by atoms with van der Waals surface area (Å²) in [6.45, 7) is 2.99. The van der Waals surface area contributed by atoms with E-state index in [1.807, 2.05) is 6.92 Å². The lowest BCUT2D eigenvalue weighted by atomic mass is 10.2. The summed E-state index contributed by atoms with van der Waals surface area (Å²) in [6.07, 6.45) is 1.85. The summed E-state index contributed by atoms with van der Waals surface area (Å²) >= 11 is 0. The molecule has 0 radical (unpaired) electrons. The molecule has 0 amide bonds. The lowest BCUT2D eigenvalue weighted by Gasteiger charge is -2.14. The number of nitrogens with one attached hydrogen (secondary N) is 2. The highest BCUT2D eigenvalue weighted by atomic mass is 32.2. The first-order valence-corrected chi connectivity index (χ1v) is 8.50. The molecule has 0 aliphatic rings. The van der Waals surface area contributed by atoms with Crippen LogP contribution in [0.25, 0.3) is 0 Å². The molecule has 0 fully saturated rings. The van der Waals surface area contributed by atoms with Gasteiger partial charge < -0.3 is 15.2 Å². The van der Waals surface area contributed by atoms with Crippen molar-refractivity contribution < 1.29 is 23.1 Å². The number of benzene rings is 1. The van der Waals surface area contributed by atoms with Crippen LogP contribution in [0.1, 0.15) is 30.1 Å². The van der Waals surface area contributed by atoms with E-state index in [0.29, 0.717) is 12.2 Å². The normalized spacial score (nSPS) is 11.4. The maximum atomic E-state index is 12.3. The van der Waals surface area contributed by atoms with Crippen molar-refractivity contribution in [1.29, 1.82) is 0 Å². The second kappa shape index (κ2) is 8.72.